The molecule has 1 N–H and O–H groups in total. The maximum atomic E-state index is 11.9. The molecule has 1 aromatic carbocycles. The van der Waals surface area contributed by atoms with Gasteiger partial charge in [-0.15, -0.1) is 0 Å². The average Bonchev–Trinajstić information content (AvgIpc) is 2.53. The minimum atomic E-state index is -0.531. The fraction of sp³-hybridized carbons (Fsp3) is 0.500. The number of ether oxygens (including phenoxy) is 2. The van der Waals surface area contributed by atoms with Crippen molar-refractivity contribution >= 4 is 12.1 Å². The van der Waals surface area contributed by atoms with E-state index in [0.29, 0.717) is 19.6 Å². The molecule has 0 aliphatic carbocycles. The van der Waals surface area contributed by atoms with Gasteiger partial charge >= 0.3 is 12.1 Å². The zero-order valence-corrected chi connectivity index (χ0v) is 16.3. The van der Waals surface area contributed by atoms with Crippen LogP contribution in [0.25, 0.3) is 0 Å². The lowest BCUT2D eigenvalue weighted by Crippen LogP contribution is -2.43. The van der Waals surface area contributed by atoms with E-state index in [1.165, 1.54) is 13.2 Å². The molecule has 0 fully saturated rings. The van der Waals surface area contributed by atoms with E-state index in [1.54, 1.807) is 6.08 Å². The van der Waals surface area contributed by atoms with E-state index in [0.717, 1.165) is 5.56 Å². The van der Waals surface area contributed by atoms with Crippen molar-refractivity contribution in [3.63, 3.8) is 0 Å². The highest BCUT2D eigenvalue weighted by Crippen LogP contribution is 2.08. The first-order valence-corrected chi connectivity index (χ1v) is 8.70. The van der Waals surface area contributed by atoms with Crippen molar-refractivity contribution in [2.75, 3.05) is 20.2 Å². The van der Waals surface area contributed by atoms with E-state index in [4.69, 9.17) is 4.74 Å². The summed E-state index contributed by atoms with van der Waals surface area (Å²) in [6.45, 7) is 9.28. The van der Waals surface area contributed by atoms with Crippen molar-refractivity contribution in [3.8, 4) is 0 Å². The number of esters is 1. The fourth-order valence-corrected chi connectivity index (χ4v) is 2.35. The zero-order valence-electron chi connectivity index (χ0n) is 16.3. The van der Waals surface area contributed by atoms with Gasteiger partial charge in [0.2, 0.25) is 0 Å². The van der Waals surface area contributed by atoms with Crippen LogP contribution in [-0.2, 0) is 20.8 Å². The highest BCUT2D eigenvalue weighted by Gasteiger charge is 2.18. The Bertz CT molecular complexity index is 594. The highest BCUT2D eigenvalue weighted by molar-refractivity contribution is 5.81. The molecule has 1 amide bonds. The first kappa shape index (κ1) is 21.7. The number of carbonyl (C=O) groups is 2. The number of rotatable bonds is 8. The monoisotopic (exact) mass is 362 g/mol. The van der Waals surface area contributed by atoms with Crippen LogP contribution in [0.5, 0.6) is 0 Å². The number of nitrogens with one attached hydrogen (secondary N) is 1. The smallest absolute Gasteiger partial charge is 0.407 e. The summed E-state index contributed by atoms with van der Waals surface area (Å²) < 4.78 is 9.90. The van der Waals surface area contributed by atoms with Crippen molar-refractivity contribution in [1.82, 2.24) is 10.2 Å². The summed E-state index contributed by atoms with van der Waals surface area (Å²) in [7, 11) is 1.35. The molecule has 0 saturated heterocycles. The zero-order chi connectivity index (χ0) is 19.6. The summed E-state index contributed by atoms with van der Waals surface area (Å²) in [6, 6.07) is 9.92. The molecule has 6 heteroatoms. The summed E-state index contributed by atoms with van der Waals surface area (Å²) >= 11 is 0. The molecular weight excluding hydrogens is 332 g/mol. The molecule has 26 heavy (non-hydrogen) atoms. The van der Waals surface area contributed by atoms with Gasteiger partial charge in [0.15, 0.2) is 0 Å². The van der Waals surface area contributed by atoms with Crippen LogP contribution in [0, 0.1) is 0 Å². The lowest BCUT2D eigenvalue weighted by molar-refractivity contribution is -0.134. The van der Waals surface area contributed by atoms with Crippen LogP contribution in [0.4, 0.5) is 4.79 Å². The summed E-state index contributed by atoms with van der Waals surface area (Å²) in [5, 5.41) is 2.84. The Morgan fingerprint density at radius 2 is 1.88 bits per heavy atom. The molecule has 0 spiro atoms. The number of methoxy groups -OCH3 is 1. The maximum Gasteiger partial charge on any atom is 0.407 e. The number of alkyl carbamates (subject to hydrolysis) is 1. The van der Waals surface area contributed by atoms with Crippen LogP contribution in [0.1, 0.15) is 33.3 Å². The molecule has 1 atom stereocenters. The summed E-state index contributed by atoms with van der Waals surface area (Å²) in [5.74, 6) is -0.385. The van der Waals surface area contributed by atoms with Gasteiger partial charge in [0, 0.05) is 31.8 Å². The Hall–Kier alpha value is -2.34. The van der Waals surface area contributed by atoms with Crippen LogP contribution >= 0.6 is 0 Å². The Labute approximate surface area is 156 Å². The maximum absolute atomic E-state index is 11.9. The molecule has 0 bridgehead atoms. The van der Waals surface area contributed by atoms with E-state index in [1.807, 2.05) is 58.0 Å². The van der Waals surface area contributed by atoms with Gasteiger partial charge in [0.1, 0.15) is 5.60 Å². The molecule has 0 unspecified atom stereocenters. The lowest BCUT2D eigenvalue weighted by Gasteiger charge is -2.26. The van der Waals surface area contributed by atoms with Crippen LogP contribution in [-0.4, -0.2) is 48.8 Å². The van der Waals surface area contributed by atoms with E-state index < -0.39 is 11.7 Å². The number of carbonyl (C=O) groups excluding carboxylic acids is 2. The summed E-state index contributed by atoms with van der Waals surface area (Å²) in [5.41, 5.74) is 0.625. The molecule has 1 aromatic rings. The molecule has 0 heterocycles. The standard InChI is InChI=1S/C20H30N2O4/c1-16(21-19(24)26-20(2,3)4)14-22(13-9-12-18(23)25-5)15-17-10-7-6-8-11-17/h6-12,16H,13-15H2,1-5H3,(H,21,24)/t16-/m1/s1. The molecule has 6 nitrogen and oxygen atoms in total. The van der Waals surface area contributed by atoms with E-state index in [-0.39, 0.29) is 12.0 Å². The van der Waals surface area contributed by atoms with Gasteiger partial charge in [-0.05, 0) is 33.3 Å². The van der Waals surface area contributed by atoms with Crippen LogP contribution in [0.15, 0.2) is 42.5 Å². The second-order valence-electron chi connectivity index (χ2n) is 7.15. The van der Waals surface area contributed by atoms with E-state index >= 15 is 0 Å². The molecule has 0 saturated carbocycles. The molecule has 144 valence electrons. The molecule has 0 radical (unpaired) electrons. The quantitative estimate of drug-likeness (QED) is 0.568. The number of hydrogen-bond donors (Lipinski definition) is 1. The van der Waals surface area contributed by atoms with Crippen molar-refractivity contribution in [2.45, 2.75) is 45.9 Å². The first-order chi connectivity index (χ1) is 12.2. The van der Waals surface area contributed by atoms with Crippen LogP contribution in [0.2, 0.25) is 0 Å². The fourth-order valence-electron chi connectivity index (χ4n) is 2.35. The van der Waals surface area contributed by atoms with Gasteiger partial charge in [-0.2, -0.15) is 0 Å². The predicted octanol–water partition coefficient (Wildman–Crippen LogP) is 3.13. The van der Waals surface area contributed by atoms with Gasteiger partial charge < -0.3 is 14.8 Å². The molecular formula is C20H30N2O4. The second-order valence-corrected chi connectivity index (χ2v) is 7.15. The van der Waals surface area contributed by atoms with Crippen molar-refractivity contribution in [2.24, 2.45) is 0 Å². The largest absolute Gasteiger partial charge is 0.466 e. The van der Waals surface area contributed by atoms with E-state index in [2.05, 4.69) is 15.0 Å². The van der Waals surface area contributed by atoms with Gasteiger partial charge in [0.25, 0.3) is 0 Å². The van der Waals surface area contributed by atoms with Gasteiger partial charge in [-0.1, -0.05) is 36.4 Å². The Balaban J connectivity index is 2.66. The van der Waals surface area contributed by atoms with Gasteiger partial charge in [-0.3, -0.25) is 4.90 Å². The van der Waals surface area contributed by atoms with Crippen LogP contribution in [0.3, 0.4) is 0 Å². The molecule has 1 rings (SSSR count). The second kappa shape index (κ2) is 10.6. The number of nitrogens with zero attached hydrogens (tertiary/aromatic N) is 1. The Morgan fingerprint density at radius 3 is 2.46 bits per heavy atom. The third kappa shape index (κ3) is 9.84. The lowest BCUT2D eigenvalue weighted by atomic mass is 10.2. The normalized spacial score (nSPS) is 12.8. The molecule has 0 aliphatic heterocycles. The van der Waals surface area contributed by atoms with Crippen molar-refractivity contribution in [1.29, 1.82) is 0 Å². The van der Waals surface area contributed by atoms with Crippen molar-refractivity contribution < 1.29 is 19.1 Å². The SMILES string of the molecule is COC(=O)C=CCN(Cc1ccccc1)C[C@@H](C)NC(=O)OC(C)(C)C. The number of amides is 1. The average molecular weight is 362 g/mol. The Kier molecular flexibility index (Phi) is 8.85. The molecule has 0 aliphatic rings. The third-order valence-corrected chi connectivity index (χ3v) is 3.36. The first-order valence-electron chi connectivity index (χ1n) is 8.70. The van der Waals surface area contributed by atoms with Gasteiger partial charge in [-0.25, -0.2) is 9.59 Å². The molecule has 0 aromatic heterocycles. The summed E-state index contributed by atoms with van der Waals surface area (Å²) in [4.78, 5) is 25.3. The Morgan fingerprint density at radius 1 is 1.23 bits per heavy atom. The summed E-state index contributed by atoms with van der Waals surface area (Å²) in [6.07, 6.45) is 2.73. The van der Waals surface area contributed by atoms with E-state index in [9.17, 15) is 9.59 Å². The number of hydrogen-bond acceptors (Lipinski definition) is 5. The van der Waals surface area contributed by atoms with Gasteiger partial charge in [0.05, 0.1) is 7.11 Å². The topological polar surface area (TPSA) is 67.9 Å². The van der Waals surface area contributed by atoms with Crippen molar-refractivity contribution in [3.05, 3.63) is 48.0 Å². The number of benzene rings is 1. The highest BCUT2D eigenvalue weighted by atomic mass is 16.6. The van der Waals surface area contributed by atoms with Crippen LogP contribution < -0.4 is 5.32 Å². The minimum absolute atomic E-state index is 0.111. The predicted molar refractivity (Wildman–Crippen MR) is 102 cm³/mol. The minimum Gasteiger partial charge on any atom is -0.466 e. The third-order valence-electron chi connectivity index (χ3n) is 3.36.